The van der Waals surface area contributed by atoms with Crippen molar-refractivity contribution in [1.82, 2.24) is 14.9 Å². The predicted molar refractivity (Wildman–Crippen MR) is 70.5 cm³/mol. The van der Waals surface area contributed by atoms with Crippen molar-refractivity contribution >= 4 is 11.6 Å². The predicted octanol–water partition coefficient (Wildman–Crippen LogP) is 1.20. The summed E-state index contributed by atoms with van der Waals surface area (Å²) in [4.78, 5) is 10.9. The molecule has 0 bridgehead atoms. The topological polar surface area (TPSA) is 53.1 Å². The lowest BCUT2D eigenvalue weighted by Crippen LogP contribution is -2.25. The molecule has 1 fully saturated rings. The third-order valence-electron chi connectivity index (χ3n) is 3.27. The zero-order chi connectivity index (χ0) is 12.3. The normalized spacial score (nSPS) is 20.5. The molecule has 2 heterocycles. The molecule has 1 atom stereocenters. The molecule has 1 unspecified atom stereocenters. The number of likely N-dealkylation sites (tertiary alicyclic amines) is 1. The molecule has 5 heteroatoms. The Morgan fingerprint density at radius 1 is 1.41 bits per heavy atom. The van der Waals surface area contributed by atoms with Crippen molar-refractivity contribution in [1.29, 1.82) is 0 Å². The van der Waals surface area contributed by atoms with Crippen LogP contribution in [0.4, 0.5) is 11.6 Å². The van der Waals surface area contributed by atoms with Gasteiger partial charge in [0.2, 0.25) is 0 Å². The van der Waals surface area contributed by atoms with Gasteiger partial charge in [0.15, 0.2) is 0 Å². The first-order valence-electron chi connectivity index (χ1n) is 6.21. The average Bonchev–Trinajstić information content (AvgIpc) is 2.74. The summed E-state index contributed by atoms with van der Waals surface area (Å²) in [5, 5.41) is 6.65. The number of nitrogens with one attached hydrogen (secondary N) is 2. The summed E-state index contributed by atoms with van der Waals surface area (Å²) in [6.45, 7) is 4.37. The molecule has 17 heavy (non-hydrogen) atoms. The number of anilines is 2. The first kappa shape index (κ1) is 12.1. The van der Waals surface area contributed by atoms with E-state index in [-0.39, 0.29) is 0 Å². The van der Waals surface area contributed by atoms with Crippen molar-refractivity contribution in [2.75, 3.05) is 37.8 Å². The molecule has 1 aromatic heterocycles. The Hall–Kier alpha value is -1.36. The first-order valence-corrected chi connectivity index (χ1v) is 6.21. The lowest BCUT2D eigenvalue weighted by Gasteiger charge is -2.17. The zero-order valence-corrected chi connectivity index (χ0v) is 10.8. The van der Waals surface area contributed by atoms with Crippen molar-refractivity contribution in [2.45, 2.75) is 25.8 Å². The quantitative estimate of drug-likeness (QED) is 0.821. The SMILES string of the molecule is CCc1c(NC)ncnc1NC1CCN(C)C1. The smallest absolute Gasteiger partial charge is 0.134 e. The van der Waals surface area contributed by atoms with Crippen molar-refractivity contribution in [3.63, 3.8) is 0 Å². The molecule has 94 valence electrons. The van der Waals surface area contributed by atoms with Gasteiger partial charge >= 0.3 is 0 Å². The van der Waals surface area contributed by atoms with Crippen LogP contribution < -0.4 is 10.6 Å². The van der Waals surface area contributed by atoms with Crippen LogP contribution >= 0.6 is 0 Å². The molecular weight excluding hydrogens is 214 g/mol. The van der Waals surface area contributed by atoms with Crippen LogP contribution in [0.1, 0.15) is 18.9 Å². The van der Waals surface area contributed by atoms with Crippen LogP contribution in [0.5, 0.6) is 0 Å². The molecule has 0 spiro atoms. The summed E-state index contributed by atoms with van der Waals surface area (Å²) in [6.07, 6.45) is 3.73. The number of rotatable bonds is 4. The monoisotopic (exact) mass is 235 g/mol. The average molecular weight is 235 g/mol. The molecule has 0 aromatic carbocycles. The van der Waals surface area contributed by atoms with Gasteiger partial charge in [-0.25, -0.2) is 9.97 Å². The molecule has 1 saturated heterocycles. The molecule has 0 saturated carbocycles. The van der Waals surface area contributed by atoms with Crippen molar-refractivity contribution in [2.24, 2.45) is 0 Å². The molecule has 2 N–H and O–H groups in total. The van der Waals surface area contributed by atoms with E-state index < -0.39 is 0 Å². The number of hydrogen-bond donors (Lipinski definition) is 2. The van der Waals surface area contributed by atoms with E-state index in [0.29, 0.717) is 6.04 Å². The summed E-state index contributed by atoms with van der Waals surface area (Å²) in [7, 11) is 4.05. The van der Waals surface area contributed by atoms with Gasteiger partial charge in [-0.3, -0.25) is 0 Å². The molecule has 1 aliphatic heterocycles. The minimum Gasteiger partial charge on any atom is -0.373 e. The lowest BCUT2D eigenvalue weighted by atomic mass is 10.2. The number of likely N-dealkylation sites (N-methyl/N-ethyl adjacent to an activating group) is 1. The van der Waals surface area contributed by atoms with E-state index in [1.807, 2.05) is 7.05 Å². The fraction of sp³-hybridized carbons (Fsp3) is 0.667. The van der Waals surface area contributed by atoms with Crippen LogP contribution in [0.3, 0.4) is 0 Å². The minimum absolute atomic E-state index is 0.505. The molecule has 0 radical (unpaired) electrons. The van der Waals surface area contributed by atoms with Crippen LogP contribution in [0.15, 0.2) is 6.33 Å². The van der Waals surface area contributed by atoms with E-state index in [1.165, 1.54) is 12.0 Å². The highest BCUT2D eigenvalue weighted by atomic mass is 15.2. The van der Waals surface area contributed by atoms with E-state index in [4.69, 9.17) is 0 Å². The fourth-order valence-electron chi connectivity index (χ4n) is 2.33. The van der Waals surface area contributed by atoms with Gasteiger partial charge in [-0.05, 0) is 26.4 Å². The standard InChI is InChI=1S/C12H21N5/c1-4-10-11(13-2)14-8-15-12(10)16-9-5-6-17(3)7-9/h8-9H,4-7H2,1-3H3,(H2,13,14,15,16). The van der Waals surface area contributed by atoms with Gasteiger partial charge in [-0.15, -0.1) is 0 Å². The summed E-state index contributed by atoms with van der Waals surface area (Å²) >= 11 is 0. The second-order valence-corrected chi connectivity index (χ2v) is 4.55. The van der Waals surface area contributed by atoms with Gasteiger partial charge in [0.1, 0.15) is 18.0 Å². The number of hydrogen-bond acceptors (Lipinski definition) is 5. The number of nitrogens with zero attached hydrogens (tertiary/aromatic N) is 3. The van der Waals surface area contributed by atoms with E-state index in [0.717, 1.165) is 31.1 Å². The fourth-order valence-corrected chi connectivity index (χ4v) is 2.33. The second kappa shape index (κ2) is 5.31. The Labute approximate surface area is 103 Å². The molecule has 1 aliphatic rings. The summed E-state index contributed by atoms with van der Waals surface area (Å²) in [5.74, 6) is 1.91. The molecule has 2 rings (SSSR count). The van der Waals surface area contributed by atoms with Crippen molar-refractivity contribution < 1.29 is 0 Å². The number of aromatic nitrogens is 2. The van der Waals surface area contributed by atoms with E-state index in [1.54, 1.807) is 6.33 Å². The highest BCUT2D eigenvalue weighted by Crippen LogP contribution is 2.22. The largest absolute Gasteiger partial charge is 0.373 e. The van der Waals surface area contributed by atoms with Gasteiger partial charge < -0.3 is 15.5 Å². The zero-order valence-electron chi connectivity index (χ0n) is 10.8. The Bertz CT molecular complexity index is 379. The van der Waals surface area contributed by atoms with Crippen LogP contribution in [0, 0.1) is 0 Å². The van der Waals surface area contributed by atoms with Crippen LogP contribution in [0.25, 0.3) is 0 Å². The highest BCUT2D eigenvalue weighted by molar-refractivity contribution is 5.57. The molecular formula is C12H21N5. The summed E-state index contributed by atoms with van der Waals surface area (Å²) in [6, 6.07) is 0.505. The molecule has 5 nitrogen and oxygen atoms in total. The van der Waals surface area contributed by atoms with Crippen LogP contribution in [-0.4, -0.2) is 48.1 Å². The van der Waals surface area contributed by atoms with E-state index >= 15 is 0 Å². The van der Waals surface area contributed by atoms with E-state index in [9.17, 15) is 0 Å². The third kappa shape index (κ3) is 2.66. The Balaban J connectivity index is 2.14. The van der Waals surface area contributed by atoms with Crippen molar-refractivity contribution in [3.8, 4) is 0 Å². The Kier molecular flexibility index (Phi) is 3.78. The van der Waals surface area contributed by atoms with Gasteiger partial charge in [0, 0.05) is 25.2 Å². The van der Waals surface area contributed by atoms with Crippen LogP contribution in [-0.2, 0) is 6.42 Å². The second-order valence-electron chi connectivity index (χ2n) is 4.55. The van der Waals surface area contributed by atoms with Gasteiger partial charge in [0.25, 0.3) is 0 Å². The molecule has 1 aromatic rings. The maximum absolute atomic E-state index is 4.37. The van der Waals surface area contributed by atoms with Crippen LogP contribution in [0.2, 0.25) is 0 Å². The Morgan fingerprint density at radius 3 is 2.76 bits per heavy atom. The maximum Gasteiger partial charge on any atom is 0.134 e. The minimum atomic E-state index is 0.505. The molecule has 0 amide bonds. The molecule has 0 aliphatic carbocycles. The van der Waals surface area contributed by atoms with Gasteiger partial charge in [0.05, 0.1) is 0 Å². The summed E-state index contributed by atoms with van der Waals surface area (Å²) in [5.41, 5.74) is 1.17. The lowest BCUT2D eigenvalue weighted by molar-refractivity contribution is 0.414. The summed E-state index contributed by atoms with van der Waals surface area (Å²) < 4.78 is 0. The van der Waals surface area contributed by atoms with Gasteiger partial charge in [-0.1, -0.05) is 6.92 Å². The first-order chi connectivity index (χ1) is 8.24. The van der Waals surface area contributed by atoms with Gasteiger partial charge in [-0.2, -0.15) is 0 Å². The Morgan fingerprint density at radius 2 is 2.18 bits per heavy atom. The maximum atomic E-state index is 4.37. The third-order valence-corrected chi connectivity index (χ3v) is 3.27. The van der Waals surface area contributed by atoms with Crippen molar-refractivity contribution in [3.05, 3.63) is 11.9 Å². The van der Waals surface area contributed by atoms with E-state index in [2.05, 4.69) is 39.5 Å². The highest BCUT2D eigenvalue weighted by Gasteiger charge is 2.20.